The van der Waals surface area contributed by atoms with Gasteiger partial charge in [-0.25, -0.2) is 13.8 Å². The Balaban J connectivity index is 1.62. The van der Waals surface area contributed by atoms with E-state index in [-0.39, 0.29) is 29.5 Å². The molecular weight excluding hydrogens is 472 g/mol. The topological polar surface area (TPSA) is 88.8 Å². The number of ether oxygens (including phenoxy) is 2. The second-order valence-corrected chi connectivity index (χ2v) is 9.12. The number of methoxy groups -OCH3 is 2. The third-order valence-corrected chi connectivity index (χ3v) is 7.15. The summed E-state index contributed by atoms with van der Waals surface area (Å²) in [7, 11) is 2.66. The Morgan fingerprint density at radius 3 is 2.51 bits per heavy atom. The van der Waals surface area contributed by atoms with Gasteiger partial charge in [0, 0.05) is 72.5 Å². The molecule has 1 aromatic carbocycles. The number of hydrogen-bond acceptors (Lipinski definition) is 7. The molecule has 0 radical (unpaired) electrons. The van der Waals surface area contributed by atoms with E-state index in [0.717, 1.165) is 42.5 Å². The van der Waals surface area contributed by atoms with Crippen molar-refractivity contribution in [3.8, 4) is 11.5 Å². The standard InChI is InChI=1S/C25H29F2N5O2S/c1-33-21-10-22(34-2)24(27)20(23(21)26)9-16-13-31-25-19(16)8-15(12-30-25)17(11-28)14-29-18-4-6-32(35-3)7-5-18/h8,10-14,18H,4-7,9,28H2,1-3H3,(H,30,31). The Bertz CT molecular complexity index is 1220. The summed E-state index contributed by atoms with van der Waals surface area (Å²) in [6.45, 7) is 2.01. The van der Waals surface area contributed by atoms with Gasteiger partial charge in [-0.2, -0.15) is 0 Å². The molecular formula is C25H29F2N5O2S. The van der Waals surface area contributed by atoms with E-state index in [4.69, 9.17) is 20.2 Å². The summed E-state index contributed by atoms with van der Waals surface area (Å²) in [5, 5.41) is 0.740. The first-order valence-corrected chi connectivity index (χ1v) is 12.5. The number of aromatic amines is 1. The van der Waals surface area contributed by atoms with Crippen molar-refractivity contribution in [3.05, 3.63) is 59.1 Å². The summed E-state index contributed by atoms with van der Waals surface area (Å²) in [6.07, 6.45) is 10.8. The summed E-state index contributed by atoms with van der Waals surface area (Å²) >= 11 is 1.76. The maximum atomic E-state index is 14.9. The van der Waals surface area contributed by atoms with Crippen LogP contribution < -0.4 is 15.2 Å². The number of aromatic nitrogens is 2. The monoisotopic (exact) mass is 501 g/mol. The number of nitrogens with zero attached hydrogens (tertiary/aromatic N) is 3. The van der Waals surface area contributed by atoms with Gasteiger partial charge in [0.05, 0.1) is 20.3 Å². The van der Waals surface area contributed by atoms with Crippen molar-refractivity contribution in [2.45, 2.75) is 25.3 Å². The van der Waals surface area contributed by atoms with Gasteiger partial charge >= 0.3 is 0 Å². The average Bonchev–Trinajstić information content (AvgIpc) is 3.29. The van der Waals surface area contributed by atoms with Gasteiger partial charge < -0.3 is 20.2 Å². The third kappa shape index (κ3) is 5.28. The van der Waals surface area contributed by atoms with Gasteiger partial charge in [-0.3, -0.25) is 9.30 Å². The fraction of sp³-hybridized carbons (Fsp3) is 0.360. The summed E-state index contributed by atoms with van der Waals surface area (Å²) < 4.78 is 42.3. The molecule has 0 amide bonds. The molecule has 0 unspecified atom stereocenters. The van der Waals surface area contributed by atoms with Crippen molar-refractivity contribution in [2.75, 3.05) is 33.6 Å². The predicted octanol–water partition coefficient (Wildman–Crippen LogP) is 4.56. The largest absolute Gasteiger partial charge is 0.494 e. The SMILES string of the molecule is COc1cc(OC)c(F)c(Cc2c[nH]c3ncc(C(C=NC4CCN(SC)CC4)=CN)cc23)c1F. The zero-order chi connectivity index (χ0) is 24.9. The Morgan fingerprint density at radius 1 is 1.23 bits per heavy atom. The number of nitrogens with one attached hydrogen (secondary N) is 1. The number of nitrogens with two attached hydrogens (primary N) is 1. The lowest BCUT2D eigenvalue weighted by atomic mass is 10.0. The molecule has 186 valence electrons. The van der Waals surface area contributed by atoms with E-state index in [9.17, 15) is 8.78 Å². The van der Waals surface area contributed by atoms with Gasteiger partial charge in [-0.15, -0.1) is 0 Å². The van der Waals surface area contributed by atoms with Crippen molar-refractivity contribution in [1.82, 2.24) is 14.3 Å². The molecule has 35 heavy (non-hydrogen) atoms. The van der Waals surface area contributed by atoms with Crippen molar-refractivity contribution >= 4 is 34.8 Å². The normalized spacial score (nSPS) is 15.9. The van der Waals surface area contributed by atoms with Crippen LogP contribution in [0.4, 0.5) is 8.78 Å². The number of fused-ring (bicyclic) bond motifs is 1. The van der Waals surface area contributed by atoms with Gasteiger partial charge in [0.2, 0.25) is 0 Å². The second kappa shape index (κ2) is 11.1. The molecule has 0 saturated carbocycles. The minimum Gasteiger partial charge on any atom is -0.494 e. The molecule has 1 saturated heterocycles. The quantitative estimate of drug-likeness (QED) is 0.348. The van der Waals surface area contributed by atoms with Gasteiger partial charge in [-0.05, 0) is 30.7 Å². The van der Waals surface area contributed by atoms with E-state index < -0.39 is 11.6 Å². The highest BCUT2D eigenvalue weighted by Crippen LogP contribution is 2.34. The van der Waals surface area contributed by atoms with E-state index in [1.807, 2.05) is 6.07 Å². The average molecular weight is 502 g/mol. The van der Waals surface area contributed by atoms with Gasteiger partial charge in [-0.1, -0.05) is 11.9 Å². The van der Waals surface area contributed by atoms with Crippen LogP contribution in [0.2, 0.25) is 0 Å². The molecule has 3 aromatic rings. The summed E-state index contributed by atoms with van der Waals surface area (Å²) in [4.78, 5) is 12.3. The van der Waals surface area contributed by atoms with E-state index in [1.54, 1.807) is 30.6 Å². The van der Waals surface area contributed by atoms with E-state index in [0.29, 0.717) is 11.2 Å². The Hall–Kier alpha value is -3.11. The fourth-order valence-corrected chi connectivity index (χ4v) is 4.79. The smallest absolute Gasteiger partial charge is 0.171 e. The molecule has 10 heteroatoms. The van der Waals surface area contributed by atoms with Crippen molar-refractivity contribution < 1.29 is 18.3 Å². The molecule has 1 fully saturated rings. The van der Waals surface area contributed by atoms with E-state index in [1.165, 1.54) is 26.5 Å². The van der Waals surface area contributed by atoms with E-state index in [2.05, 4.69) is 20.5 Å². The first-order chi connectivity index (χ1) is 17.0. The lowest BCUT2D eigenvalue weighted by molar-refractivity contribution is 0.349. The highest BCUT2D eigenvalue weighted by Gasteiger charge is 2.22. The van der Waals surface area contributed by atoms with Gasteiger partial charge in [0.1, 0.15) is 5.65 Å². The molecule has 0 spiro atoms. The molecule has 7 nitrogen and oxygen atoms in total. The number of aliphatic imine (C=N–C) groups is 1. The highest BCUT2D eigenvalue weighted by molar-refractivity contribution is 7.96. The second-order valence-electron chi connectivity index (χ2n) is 8.24. The van der Waals surface area contributed by atoms with Crippen LogP contribution in [0.5, 0.6) is 11.5 Å². The number of halogens is 2. The van der Waals surface area contributed by atoms with E-state index >= 15 is 0 Å². The van der Waals surface area contributed by atoms with Crippen LogP contribution in [0.15, 0.2) is 35.7 Å². The summed E-state index contributed by atoms with van der Waals surface area (Å²) in [6, 6.07) is 3.36. The zero-order valence-corrected chi connectivity index (χ0v) is 20.8. The van der Waals surface area contributed by atoms with Crippen molar-refractivity contribution in [2.24, 2.45) is 10.7 Å². The Morgan fingerprint density at radius 2 is 1.91 bits per heavy atom. The molecule has 3 N–H and O–H groups in total. The Kier molecular flexibility index (Phi) is 7.92. The van der Waals surface area contributed by atoms with Crippen LogP contribution in [0.1, 0.15) is 29.5 Å². The number of pyridine rings is 1. The minimum atomic E-state index is -0.758. The van der Waals surface area contributed by atoms with Gasteiger partial charge in [0.15, 0.2) is 23.1 Å². The summed E-state index contributed by atoms with van der Waals surface area (Å²) in [5.74, 6) is -1.67. The summed E-state index contributed by atoms with van der Waals surface area (Å²) in [5.41, 5.74) is 8.58. The zero-order valence-electron chi connectivity index (χ0n) is 20.0. The van der Waals surface area contributed by atoms with Gasteiger partial charge in [0.25, 0.3) is 0 Å². The molecule has 1 aliphatic rings. The first kappa shape index (κ1) is 25.0. The fourth-order valence-electron chi connectivity index (χ4n) is 4.22. The molecule has 4 rings (SSSR count). The van der Waals surface area contributed by atoms with Crippen LogP contribution in [-0.4, -0.2) is 60.1 Å². The molecule has 3 heterocycles. The number of H-pyrrole nitrogens is 1. The predicted molar refractivity (Wildman–Crippen MR) is 137 cm³/mol. The van der Waals surface area contributed by atoms with Crippen LogP contribution in [-0.2, 0) is 6.42 Å². The number of benzene rings is 1. The number of rotatable bonds is 8. The van der Waals surface area contributed by atoms with Crippen LogP contribution >= 0.6 is 11.9 Å². The van der Waals surface area contributed by atoms with Crippen LogP contribution in [0.25, 0.3) is 16.6 Å². The maximum absolute atomic E-state index is 14.9. The molecule has 0 aliphatic carbocycles. The van der Waals surface area contributed by atoms with Crippen LogP contribution in [0, 0.1) is 11.6 Å². The van der Waals surface area contributed by atoms with Crippen LogP contribution in [0.3, 0.4) is 0 Å². The number of hydrogen-bond donors (Lipinski definition) is 2. The minimum absolute atomic E-state index is 0.0138. The Labute approximate surface area is 207 Å². The first-order valence-electron chi connectivity index (χ1n) is 11.3. The third-order valence-electron chi connectivity index (χ3n) is 6.27. The lowest BCUT2D eigenvalue weighted by Gasteiger charge is -2.27. The lowest BCUT2D eigenvalue weighted by Crippen LogP contribution is -2.30. The molecule has 2 aromatic heterocycles. The highest BCUT2D eigenvalue weighted by atomic mass is 32.2. The van der Waals surface area contributed by atoms with Crippen molar-refractivity contribution in [3.63, 3.8) is 0 Å². The molecule has 0 bridgehead atoms. The maximum Gasteiger partial charge on any atom is 0.171 e. The van der Waals surface area contributed by atoms with Crippen molar-refractivity contribution in [1.29, 1.82) is 0 Å². The number of piperidine rings is 1. The molecule has 1 aliphatic heterocycles. The molecule has 0 atom stereocenters. The number of allylic oxidation sites excluding steroid dienone is 1.